The summed E-state index contributed by atoms with van der Waals surface area (Å²) in [6.07, 6.45) is 6.95. The van der Waals surface area contributed by atoms with Gasteiger partial charge in [0.15, 0.2) is 0 Å². The van der Waals surface area contributed by atoms with Gasteiger partial charge < -0.3 is 5.32 Å². The lowest BCUT2D eigenvalue weighted by atomic mass is 10.4. The summed E-state index contributed by atoms with van der Waals surface area (Å²) in [5.41, 5.74) is 0. The van der Waals surface area contributed by atoms with Crippen molar-refractivity contribution in [3.63, 3.8) is 0 Å². The van der Waals surface area contributed by atoms with E-state index < -0.39 is 0 Å². The van der Waals surface area contributed by atoms with Crippen molar-refractivity contribution in [1.29, 1.82) is 0 Å². The van der Waals surface area contributed by atoms with Crippen LogP contribution in [0.2, 0.25) is 0 Å². The second-order valence-corrected chi connectivity index (χ2v) is 3.75. The largest absolute Gasteiger partial charge is 0.315 e. The standard InChI is InChI=1S/C8H16N4S/c1-13-8-2-3-9-4-6-12-7-5-10-11-12/h5,7,9H,2-4,6,8H2,1H3. The molecular formula is C8H16N4S. The lowest BCUT2D eigenvalue weighted by Crippen LogP contribution is -2.21. The summed E-state index contributed by atoms with van der Waals surface area (Å²) in [5, 5.41) is 11.0. The van der Waals surface area contributed by atoms with Crippen molar-refractivity contribution in [3.05, 3.63) is 12.4 Å². The molecular weight excluding hydrogens is 184 g/mol. The molecule has 0 aliphatic carbocycles. The smallest absolute Gasteiger partial charge is 0.0692 e. The van der Waals surface area contributed by atoms with E-state index in [1.54, 1.807) is 6.20 Å². The molecule has 0 atom stereocenters. The summed E-state index contributed by atoms with van der Waals surface area (Å²) in [5.74, 6) is 1.23. The van der Waals surface area contributed by atoms with Gasteiger partial charge in [0.2, 0.25) is 0 Å². The van der Waals surface area contributed by atoms with E-state index in [1.807, 2.05) is 22.6 Å². The van der Waals surface area contributed by atoms with Gasteiger partial charge in [-0.2, -0.15) is 11.8 Å². The quantitative estimate of drug-likeness (QED) is 0.655. The molecule has 5 heteroatoms. The Morgan fingerprint density at radius 2 is 2.38 bits per heavy atom. The molecule has 0 bridgehead atoms. The van der Waals surface area contributed by atoms with E-state index in [4.69, 9.17) is 0 Å². The summed E-state index contributed by atoms with van der Waals surface area (Å²) < 4.78 is 1.83. The maximum Gasteiger partial charge on any atom is 0.0692 e. The Morgan fingerprint density at radius 3 is 3.08 bits per heavy atom. The molecule has 0 radical (unpaired) electrons. The topological polar surface area (TPSA) is 42.7 Å². The summed E-state index contributed by atoms with van der Waals surface area (Å²) in [7, 11) is 0. The number of thioether (sulfide) groups is 1. The number of aromatic nitrogens is 3. The molecule has 0 saturated heterocycles. The number of hydrogen-bond donors (Lipinski definition) is 1. The fourth-order valence-electron chi connectivity index (χ4n) is 1.01. The highest BCUT2D eigenvalue weighted by atomic mass is 32.2. The maximum atomic E-state index is 3.87. The first kappa shape index (κ1) is 10.5. The van der Waals surface area contributed by atoms with Gasteiger partial charge in [-0.3, -0.25) is 4.68 Å². The van der Waals surface area contributed by atoms with E-state index in [1.165, 1.54) is 12.2 Å². The van der Waals surface area contributed by atoms with Crippen LogP contribution in [-0.2, 0) is 6.54 Å². The average Bonchev–Trinajstić information content (AvgIpc) is 2.63. The number of hydrogen-bond acceptors (Lipinski definition) is 4. The van der Waals surface area contributed by atoms with Crippen molar-refractivity contribution in [2.75, 3.05) is 25.1 Å². The number of nitrogens with zero attached hydrogens (tertiary/aromatic N) is 3. The molecule has 0 saturated carbocycles. The minimum Gasteiger partial charge on any atom is -0.315 e. The molecule has 0 unspecified atom stereocenters. The first-order chi connectivity index (χ1) is 6.43. The Hall–Kier alpha value is -0.550. The summed E-state index contributed by atoms with van der Waals surface area (Å²) >= 11 is 1.89. The first-order valence-corrected chi connectivity index (χ1v) is 5.86. The van der Waals surface area contributed by atoms with E-state index in [0.717, 1.165) is 19.6 Å². The third-order valence-corrected chi connectivity index (χ3v) is 2.39. The molecule has 0 spiro atoms. The molecule has 1 N–H and O–H groups in total. The third kappa shape index (κ3) is 4.90. The predicted octanol–water partition coefficient (Wildman–Crippen LogP) is 0.621. The van der Waals surface area contributed by atoms with Crippen LogP contribution in [0.25, 0.3) is 0 Å². The van der Waals surface area contributed by atoms with Crippen molar-refractivity contribution < 1.29 is 0 Å². The lowest BCUT2D eigenvalue weighted by Gasteiger charge is -2.03. The molecule has 1 heterocycles. The van der Waals surface area contributed by atoms with Gasteiger partial charge in [0.25, 0.3) is 0 Å². The van der Waals surface area contributed by atoms with Crippen LogP contribution in [-0.4, -0.2) is 40.1 Å². The Kier molecular flexibility index (Phi) is 5.60. The van der Waals surface area contributed by atoms with Gasteiger partial charge in [0, 0.05) is 12.7 Å². The Bertz CT molecular complexity index is 200. The molecule has 1 aromatic rings. The van der Waals surface area contributed by atoms with Gasteiger partial charge in [-0.25, -0.2) is 0 Å². The molecule has 0 aromatic carbocycles. The highest BCUT2D eigenvalue weighted by Gasteiger charge is 1.90. The SMILES string of the molecule is CSCCCNCCn1ccnn1. The molecule has 13 heavy (non-hydrogen) atoms. The van der Waals surface area contributed by atoms with Crippen molar-refractivity contribution in [1.82, 2.24) is 20.3 Å². The van der Waals surface area contributed by atoms with Crippen molar-refractivity contribution in [2.24, 2.45) is 0 Å². The maximum absolute atomic E-state index is 3.87. The van der Waals surface area contributed by atoms with Crippen LogP contribution in [0.5, 0.6) is 0 Å². The zero-order chi connectivity index (χ0) is 9.36. The Morgan fingerprint density at radius 1 is 1.46 bits per heavy atom. The van der Waals surface area contributed by atoms with Crippen molar-refractivity contribution in [3.8, 4) is 0 Å². The second-order valence-electron chi connectivity index (χ2n) is 2.76. The highest BCUT2D eigenvalue weighted by molar-refractivity contribution is 7.98. The van der Waals surface area contributed by atoms with Crippen LogP contribution < -0.4 is 5.32 Å². The minimum atomic E-state index is 0.902. The van der Waals surface area contributed by atoms with Crippen LogP contribution in [0.15, 0.2) is 12.4 Å². The van der Waals surface area contributed by atoms with Crippen molar-refractivity contribution in [2.45, 2.75) is 13.0 Å². The van der Waals surface area contributed by atoms with Crippen LogP contribution >= 0.6 is 11.8 Å². The third-order valence-electron chi connectivity index (χ3n) is 1.69. The Balaban J connectivity index is 1.90. The van der Waals surface area contributed by atoms with Gasteiger partial charge in [-0.15, -0.1) is 5.10 Å². The molecule has 0 aliphatic rings. The van der Waals surface area contributed by atoms with E-state index >= 15 is 0 Å². The van der Waals surface area contributed by atoms with Gasteiger partial charge in [-0.1, -0.05) is 5.21 Å². The van der Waals surface area contributed by atoms with E-state index in [2.05, 4.69) is 21.9 Å². The number of nitrogens with one attached hydrogen (secondary N) is 1. The molecule has 1 rings (SSSR count). The zero-order valence-corrected chi connectivity index (χ0v) is 8.76. The fourth-order valence-corrected chi connectivity index (χ4v) is 1.45. The molecule has 0 aliphatic heterocycles. The molecule has 1 aromatic heterocycles. The zero-order valence-electron chi connectivity index (χ0n) is 7.94. The van der Waals surface area contributed by atoms with Gasteiger partial charge >= 0.3 is 0 Å². The van der Waals surface area contributed by atoms with E-state index in [-0.39, 0.29) is 0 Å². The summed E-state index contributed by atoms with van der Waals surface area (Å²) in [6, 6.07) is 0. The van der Waals surface area contributed by atoms with Gasteiger partial charge in [0.1, 0.15) is 0 Å². The lowest BCUT2D eigenvalue weighted by molar-refractivity contribution is 0.540. The van der Waals surface area contributed by atoms with Crippen LogP contribution in [0.4, 0.5) is 0 Å². The number of rotatable bonds is 7. The van der Waals surface area contributed by atoms with Gasteiger partial charge in [-0.05, 0) is 25.0 Å². The molecule has 0 fully saturated rings. The monoisotopic (exact) mass is 200 g/mol. The summed E-state index contributed by atoms with van der Waals surface area (Å²) in [4.78, 5) is 0. The van der Waals surface area contributed by atoms with E-state index in [0.29, 0.717) is 0 Å². The normalized spacial score (nSPS) is 10.5. The highest BCUT2D eigenvalue weighted by Crippen LogP contribution is 1.92. The predicted molar refractivity (Wildman–Crippen MR) is 55.9 cm³/mol. The second kappa shape index (κ2) is 6.91. The van der Waals surface area contributed by atoms with Crippen LogP contribution in [0.1, 0.15) is 6.42 Å². The van der Waals surface area contributed by atoms with Crippen LogP contribution in [0.3, 0.4) is 0 Å². The molecule has 74 valence electrons. The molecule has 4 nitrogen and oxygen atoms in total. The summed E-state index contributed by atoms with van der Waals surface area (Å²) in [6.45, 7) is 2.96. The average molecular weight is 200 g/mol. The minimum absolute atomic E-state index is 0.902. The van der Waals surface area contributed by atoms with Gasteiger partial charge in [0.05, 0.1) is 12.7 Å². The Labute approximate surface area is 83.1 Å². The van der Waals surface area contributed by atoms with E-state index in [9.17, 15) is 0 Å². The fraction of sp³-hybridized carbons (Fsp3) is 0.750. The van der Waals surface area contributed by atoms with Crippen LogP contribution in [0, 0.1) is 0 Å². The van der Waals surface area contributed by atoms with Crippen molar-refractivity contribution >= 4 is 11.8 Å². The molecule has 0 amide bonds. The first-order valence-electron chi connectivity index (χ1n) is 4.47.